The predicted octanol–water partition coefficient (Wildman–Crippen LogP) is 3.15. The third-order valence-electron chi connectivity index (χ3n) is 4.99. The molecule has 128 valence electrons. The standard InChI is InChI=1S/C18H17F2N5/c19-15-4-3-13(10-16(15)20)25-11-14-2-1-7-24(14)18(25)23-8-5-17-21-6-9-22(17)12-23/h3-6,8-11,18H,1-2,7,12H2. The van der Waals surface area contributed by atoms with E-state index in [1.54, 1.807) is 12.3 Å². The lowest BCUT2D eigenvalue weighted by Gasteiger charge is -2.41. The van der Waals surface area contributed by atoms with Crippen LogP contribution in [-0.4, -0.2) is 32.2 Å². The Bertz CT molecular complexity index is 887. The SMILES string of the molecule is Fc1ccc(N2C=C3CCCN3C2N2C=Cc3nccn3C2)cc1F. The molecule has 1 aromatic carbocycles. The number of aromatic nitrogens is 2. The predicted molar refractivity (Wildman–Crippen MR) is 89.7 cm³/mol. The third kappa shape index (κ3) is 2.22. The highest BCUT2D eigenvalue weighted by Gasteiger charge is 2.39. The Labute approximate surface area is 144 Å². The zero-order valence-electron chi connectivity index (χ0n) is 13.5. The summed E-state index contributed by atoms with van der Waals surface area (Å²) in [5.74, 6) is -0.732. The van der Waals surface area contributed by atoms with Crippen molar-refractivity contribution in [1.82, 2.24) is 19.4 Å². The molecular formula is C18H17F2N5. The molecule has 3 aliphatic heterocycles. The van der Waals surface area contributed by atoms with Gasteiger partial charge in [-0.3, -0.25) is 0 Å². The van der Waals surface area contributed by atoms with E-state index in [-0.39, 0.29) is 6.29 Å². The van der Waals surface area contributed by atoms with E-state index in [0.29, 0.717) is 12.4 Å². The maximum absolute atomic E-state index is 13.8. The Morgan fingerprint density at radius 1 is 1.16 bits per heavy atom. The second kappa shape index (κ2) is 5.34. The first-order valence-corrected chi connectivity index (χ1v) is 8.36. The van der Waals surface area contributed by atoms with Crippen LogP contribution in [0.2, 0.25) is 0 Å². The molecule has 3 aliphatic rings. The zero-order valence-corrected chi connectivity index (χ0v) is 13.5. The Morgan fingerprint density at radius 2 is 2.08 bits per heavy atom. The van der Waals surface area contributed by atoms with Crippen LogP contribution in [0.1, 0.15) is 18.7 Å². The van der Waals surface area contributed by atoms with Gasteiger partial charge in [0.15, 0.2) is 17.9 Å². The number of benzene rings is 1. The van der Waals surface area contributed by atoms with Crippen molar-refractivity contribution in [3.8, 4) is 0 Å². The summed E-state index contributed by atoms with van der Waals surface area (Å²) < 4.78 is 29.2. The molecule has 1 aromatic heterocycles. The van der Waals surface area contributed by atoms with E-state index in [1.165, 1.54) is 17.8 Å². The average Bonchev–Trinajstić information content (AvgIpc) is 3.31. The van der Waals surface area contributed by atoms with Gasteiger partial charge in [-0.25, -0.2) is 13.8 Å². The molecule has 5 rings (SSSR count). The number of allylic oxidation sites excluding steroid dienone is 1. The van der Waals surface area contributed by atoms with E-state index in [0.717, 1.165) is 25.2 Å². The molecule has 0 saturated carbocycles. The van der Waals surface area contributed by atoms with Crippen molar-refractivity contribution in [2.45, 2.75) is 25.8 Å². The van der Waals surface area contributed by atoms with Gasteiger partial charge in [0, 0.05) is 48.8 Å². The molecule has 1 unspecified atom stereocenters. The molecule has 0 radical (unpaired) electrons. The number of nitrogens with zero attached hydrogens (tertiary/aromatic N) is 5. The van der Waals surface area contributed by atoms with E-state index in [4.69, 9.17) is 0 Å². The first kappa shape index (κ1) is 14.5. The fourth-order valence-electron chi connectivity index (χ4n) is 3.82. The minimum absolute atomic E-state index is 0.0887. The van der Waals surface area contributed by atoms with Crippen molar-refractivity contribution in [2.24, 2.45) is 0 Å². The van der Waals surface area contributed by atoms with Gasteiger partial charge >= 0.3 is 0 Å². The summed E-state index contributed by atoms with van der Waals surface area (Å²) in [7, 11) is 0. The van der Waals surface area contributed by atoms with E-state index >= 15 is 0 Å². The number of rotatable bonds is 2. The smallest absolute Gasteiger partial charge is 0.186 e. The largest absolute Gasteiger partial charge is 0.336 e. The van der Waals surface area contributed by atoms with Gasteiger partial charge in [-0.15, -0.1) is 0 Å². The molecule has 0 spiro atoms. The van der Waals surface area contributed by atoms with Crippen LogP contribution >= 0.6 is 0 Å². The number of anilines is 1. The van der Waals surface area contributed by atoms with Crippen LogP contribution in [0, 0.1) is 11.6 Å². The van der Waals surface area contributed by atoms with Crippen LogP contribution in [0.25, 0.3) is 6.08 Å². The number of halogens is 2. The van der Waals surface area contributed by atoms with Gasteiger partial charge < -0.3 is 19.3 Å². The minimum Gasteiger partial charge on any atom is -0.336 e. The van der Waals surface area contributed by atoms with Gasteiger partial charge in [0.05, 0.1) is 6.67 Å². The molecule has 1 fully saturated rings. The van der Waals surface area contributed by atoms with Crippen molar-refractivity contribution in [2.75, 3.05) is 11.4 Å². The molecule has 25 heavy (non-hydrogen) atoms. The topological polar surface area (TPSA) is 27.5 Å². The summed E-state index contributed by atoms with van der Waals surface area (Å²) in [6, 6.07) is 4.07. The number of fused-ring (bicyclic) bond motifs is 2. The van der Waals surface area contributed by atoms with Crippen LogP contribution in [-0.2, 0) is 6.67 Å². The molecular weight excluding hydrogens is 324 g/mol. The van der Waals surface area contributed by atoms with E-state index in [2.05, 4.69) is 25.6 Å². The van der Waals surface area contributed by atoms with Crippen LogP contribution in [0.3, 0.4) is 0 Å². The summed E-state index contributed by atoms with van der Waals surface area (Å²) in [6.07, 6.45) is 11.8. The van der Waals surface area contributed by atoms with Gasteiger partial charge in [-0.05, 0) is 31.1 Å². The highest BCUT2D eigenvalue weighted by Crippen LogP contribution is 2.37. The minimum atomic E-state index is -0.826. The van der Waals surface area contributed by atoms with E-state index in [1.807, 2.05) is 23.4 Å². The fraction of sp³-hybridized carbons (Fsp3) is 0.278. The maximum atomic E-state index is 13.8. The zero-order chi connectivity index (χ0) is 17.0. The van der Waals surface area contributed by atoms with Crippen molar-refractivity contribution in [3.05, 3.63) is 66.1 Å². The molecule has 7 heteroatoms. The average molecular weight is 341 g/mol. The van der Waals surface area contributed by atoms with E-state index < -0.39 is 11.6 Å². The van der Waals surface area contributed by atoms with Gasteiger partial charge in [0.2, 0.25) is 0 Å². The van der Waals surface area contributed by atoms with Crippen LogP contribution in [0.5, 0.6) is 0 Å². The van der Waals surface area contributed by atoms with Crippen molar-refractivity contribution < 1.29 is 8.78 Å². The molecule has 4 heterocycles. The highest BCUT2D eigenvalue weighted by atomic mass is 19.2. The Hall–Kier alpha value is -2.83. The van der Waals surface area contributed by atoms with Gasteiger partial charge in [-0.2, -0.15) is 0 Å². The van der Waals surface area contributed by atoms with Crippen molar-refractivity contribution in [1.29, 1.82) is 0 Å². The van der Waals surface area contributed by atoms with Crippen LogP contribution in [0.4, 0.5) is 14.5 Å². The summed E-state index contributed by atoms with van der Waals surface area (Å²) >= 11 is 0. The normalized spacial score (nSPS) is 21.6. The van der Waals surface area contributed by atoms with E-state index in [9.17, 15) is 8.78 Å². The lowest BCUT2D eigenvalue weighted by molar-refractivity contribution is 0.110. The molecule has 0 N–H and O–H groups in total. The summed E-state index contributed by atoms with van der Waals surface area (Å²) in [5.41, 5.74) is 1.88. The second-order valence-electron chi connectivity index (χ2n) is 6.50. The summed E-state index contributed by atoms with van der Waals surface area (Å²) in [4.78, 5) is 10.8. The second-order valence-corrected chi connectivity index (χ2v) is 6.50. The lowest BCUT2D eigenvalue weighted by atomic mass is 10.2. The first-order chi connectivity index (χ1) is 12.2. The number of imidazole rings is 1. The van der Waals surface area contributed by atoms with Crippen molar-refractivity contribution in [3.63, 3.8) is 0 Å². The number of hydrogen-bond donors (Lipinski definition) is 0. The molecule has 2 aromatic rings. The summed E-state index contributed by atoms with van der Waals surface area (Å²) in [6.45, 7) is 1.62. The molecule has 5 nitrogen and oxygen atoms in total. The molecule has 1 atom stereocenters. The molecule has 0 amide bonds. The Balaban J connectivity index is 1.52. The molecule has 0 bridgehead atoms. The quantitative estimate of drug-likeness (QED) is 0.839. The van der Waals surface area contributed by atoms with Gasteiger partial charge in [0.25, 0.3) is 0 Å². The highest BCUT2D eigenvalue weighted by molar-refractivity contribution is 5.54. The van der Waals surface area contributed by atoms with Crippen molar-refractivity contribution >= 4 is 11.8 Å². The molecule has 1 saturated heterocycles. The van der Waals surface area contributed by atoms with Gasteiger partial charge in [-0.1, -0.05) is 0 Å². The van der Waals surface area contributed by atoms with Gasteiger partial charge in [0.1, 0.15) is 5.82 Å². The maximum Gasteiger partial charge on any atom is 0.186 e. The lowest BCUT2D eigenvalue weighted by Crippen LogP contribution is -2.51. The summed E-state index contributed by atoms with van der Waals surface area (Å²) in [5, 5.41) is 0. The fourth-order valence-corrected chi connectivity index (χ4v) is 3.82. The monoisotopic (exact) mass is 341 g/mol. The number of hydrogen-bond acceptors (Lipinski definition) is 4. The Morgan fingerprint density at radius 3 is 2.96 bits per heavy atom. The first-order valence-electron chi connectivity index (χ1n) is 8.36. The molecule has 0 aliphatic carbocycles. The van der Waals surface area contributed by atoms with Crippen LogP contribution < -0.4 is 4.90 Å². The third-order valence-corrected chi connectivity index (χ3v) is 4.99. The van der Waals surface area contributed by atoms with Crippen LogP contribution in [0.15, 0.2) is 48.7 Å². The Kier molecular flexibility index (Phi) is 3.10.